The van der Waals surface area contributed by atoms with E-state index in [1.165, 1.54) is 30.5 Å². The molecule has 0 saturated carbocycles. The molecule has 0 radical (unpaired) electrons. The number of piperidine rings is 1. The predicted molar refractivity (Wildman–Crippen MR) is 151 cm³/mol. The van der Waals surface area contributed by atoms with Crippen LogP contribution in [0.3, 0.4) is 0 Å². The number of aryl methyl sites for hydroxylation is 1. The molecule has 2 aliphatic heterocycles. The first kappa shape index (κ1) is 27.4. The van der Waals surface area contributed by atoms with E-state index >= 15 is 0 Å². The van der Waals surface area contributed by atoms with Gasteiger partial charge in [-0.05, 0) is 55.4 Å². The van der Waals surface area contributed by atoms with Gasteiger partial charge in [-0.1, -0.05) is 41.5 Å². The first-order valence-corrected chi connectivity index (χ1v) is 15.1. The van der Waals surface area contributed by atoms with E-state index in [0.29, 0.717) is 17.6 Å². The lowest BCUT2D eigenvalue weighted by molar-refractivity contribution is 0.573. The molecule has 1 N–H and O–H groups in total. The molecule has 1 fully saturated rings. The van der Waals surface area contributed by atoms with E-state index in [9.17, 15) is 8.42 Å². The summed E-state index contributed by atoms with van der Waals surface area (Å²) in [4.78, 5) is 14.0. The second-order valence-electron chi connectivity index (χ2n) is 11.8. The Labute approximate surface area is 221 Å². The number of hydrogen-bond donors (Lipinski definition) is 1. The average molecular weight is 528 g/mol. The third-order valence-electron chi connectivity index (χ3n) is 6.94. The van der Waals surface area contributed by atoms with Gasteiger partial charge < -0.3 is 4.90 Å². The maximum atomic E-state index is 11.5. The van der Waals surface area contributed by atoms with Crippen molar-refractivity contribution in [3.8, 4) is 0 Å². The minimum absolute atomic E-state index is 0.208. The zero-order valence-electron chi connectivity index (χ0n) is 23.5. The van der Waals surface area contributed by atoms with E-state index < -0.39 is 10.0 Å². The average Bonchev–Trinajstić information content (AvgIpc) is 3.37. The summed E-state index contributed by atoms with van der Waals surface area (Å²) >= 11 is 0. The molecule has 202 valence electrons. The second kappa shape index (κ2) is 10.3. The zero-order chi connectivity index (χ0) is 27.1. The molecule has 10 heteroatoms. The maximum Gasteiger partial charge on any atom is 0.208 e. The molecule has 2 aliphatic rings. The number of nitrogens with one attached hydrogen (secondary N) is 1. The van der Waals surface area contributed by atoms with Crippen molar-refractivity contribution < 1.29 is 8.42 Å². The van der Waals surface area contributed by atoms with Gasteiger partial charge in [0.15, 0.2) is 5.82 Å². The normalized spacial score (nSPS) is 18.5. The van der Waals surface area contributed by atoms with Gasteiger partial charge in [0, 0.05) is 36.7 Å². The molecule has 1 unspecified atom stereocenters. The Morgan fingerprint density at radius 2 is 1.78 bits per heavy atom. The summed E-state index contributed by atoms with van der Waals surface area (Å²) in [6, 6.07) is 4.52. The quantitative estimate of drug-likeness (QED) is 0.560. The molecule has 1 saturated heterocycles. The van der Waals surface area contributed by atoms with Crippen LogP contribution in [-0.2, 0) is 10.0 Å². The number of benzene rings is 1. The van der Waals surface area contributed by atoms with Crippen molar-refractivity contribution in [2.45, 2.75) is 79.6 Å². The summed E-state index contributed by atoms with van der Waals surface area (Å²) in [5.41, 5.74) is 5.97. The van der Waals surface area contributed by atoms with E-state index in [4.69, 9.17) is 15.1 Å². The molecule has 0 spiro atoms. The summed E-state index contributed by atoms with van der Waals surface area (Å²) in [5.74, 6) is 1.29. The van der Waals surface area contributed by atoms with Gasteiger partial charge in [0.05, 0.1) is 17.7 Å². The van der Waals surface area contributed by atoms with E-state index in [1.807, 2.05) is 6.92 Å². The highest BCUT2D eigenvalue weighted by Crippen LogP contribution is 2.37. The predicted octanol–water partition coefficient (Wildman–Crippen LogP) is 4.74. The summed E-state index contributed by atoms with van der Waals surface area (Å²) in [7, 11) is -3.30. The Hall–Kier alpha value is -2.59. The summed E-state index contributed by atoms with van der Waals surface area (Å²) in [6.45, 7) is 17.2. The van der Waals surface area contributed by atoms with Crippen LogP contribution in [0.25, 0.3) is 0 Å². The largest absolute Gasteiger partial charge is 0.371 e. The third kappa shape index (κ3) is 6.12. The summed E-state index contributed by atoms with van der Waals surface area (Å²) < 4.78 is 25.6. The third-order valence-corrected chi connectivity index (χ3v) is 7.63. The van der Waals surface area contributed by atoms with Crippen molar-refractivity contribution in [1.29, 1.82) is 0 Å². The van der Waals surface area contributed by atoms with Crippen LogP contribution in [0.5, 0.6) is 0 Å². The topological polar surface area (TPSA) is 105 Å². The van der Waals surface area contributed by atoms with Crippen LogP contribution in [0, 0.1) is 12.3 Å². The monoisotopic (exact) mass is 527 g/mol. The SMILES string of the molecule is Cc1cc(N2CCCCC2)c(C(C)C)cc1N=C1C(C(C)(C)C)=Nn2nc(C(C)CNS(C)(=O)=O)nc21. The van der Waals surface area contributed by atoms with Crippen molar-refractivity contribution >= 4 is 32.8 Å². The lowest BCUT2D eigenvalue weighted by Crippen LogP contribution is -2.30. The molecule has 2 aromatic rings. The fraction of sp³-hybridized carbons (Fsp3) is 0.630. The fourth-order valence-electron chi connectivity index (χ4n) is 4.78. The van der Waals surface area contributed by atoms with Crippen LogP contribution in [0.1, 0.15) is 95.4 Å². The minimum atomic E-state index is -3.30. The van der Waals surface area contributed by atoms with Crippen LogP contribution < -0.4 is 9.62 Å². The van der Waals surface area contributed by atoms with Crippen LogP contribution >= 0.6 is 0 Å². The van der Waals surface area contributed by atoms with Gasteiger partial charge in [0.25, 0.3) is 0 Å². The van der Waals surface area contributed by atoms with Crippen molar-refractivity contribution in [2.24, 2.45) is 15.5 Å². The fourth-order valence-corrected chi connectivity index (χ4v) is 5.33. The van der Waals surface area contributed by atoms with Gasteiger partial charge in [-0.15, -0.1) is 9.89 Å². The molecular formula is C27H41N7O2S. The molecule has 37 heavy (non-hydrogen) atoms. The zero-order valence-corrected chi connectivity index (χ0v) is 24.3. The van der Waals surface area contributed by atoms with E-state index in [-0.39, 0.29) is 17.9 Å². The number of anilines is 1. The lowest BCUT2D eigenvalue weighted by Gasteiger charge is -2.32. The van der Waals surface area contributed by atoms with Gasteiger partial charge in [0.1, 0.15) is 5.71 Å². The first-order chi connectivity index (χ1) is 17.2. The smallest absolute Gasteiger partial charge is 0.208 e. The van der Waals surface area contributed by atoms with Crippen molar-refractivity contribution in [3.63, 3.8) is 0 Å². The molecule has 1 atom stereocenters. The van der Waals surface area contributed by atoms with Gasteiger partial charge in [0.2, 0.25) is 15.8 Å². The number of hydrogen-bond acceptors (Lipinski definition) is 7. The van der Waals surface area contributed by atoms with Gasteiger partial charge in [-0.3, -0.25) is 0 Å². The highest BCUT2D eigenvalue weighted by molar-refractivity contribution is 7.88. The second-order valence-corrected chi connectivity index (χ2v) is 13.6. The molecule has 1 aromatic heterocycles. The van der Waals surface area contributed by atoms with Gasteiger partial charge in [-0.25, -0.2) is 23.1 Å². The number of nitrogens with zero attached hydrogens (tertiary/aromatic N) is 6. The maximum absolute atomic E-state index is 11.5. The van der Waals surface area contributed by atoms with Gasteiger partial charge >= 0.3 is 0 Å². The Morgan fingerprint density at radius 1 is 1.11 bits per heavy atom. The summed E-state index contributed by atoms with van der Waals surface area (Å²) in [6.07, 6.45) is 4.93. The molecule has 9 nitrogen and oxygen atoms in total. The van der Waals surface area contributed by atoms with Crippen molar-refractivity contribution in [1.82, 2.24) is 19.6 Å². The van der Waals surface area contributed by atoms with Gasteiger partial charge in [-0.2, -0.15) is 5.10 Å². The lowest BCUT2D eigenvalue weighted by atomic mass is 9.87. The number of fused-ring (bicyclic) bond motifs is 1. The number of sulfonamides is 1. The number of aliphatic imine (C=N–C) groups is 1. The molecule has 0 amide bonds. The highest BCUT2D eigenvalue weighted by Gasteiger charge is 2.35. The van der Waals surface area contributed by atoms with Crippen molar-refractivity contribution in [2.75, 3.05) is 30.8 Å². The molecule has 3 heterocycles. The van der Waals surface area contributed by atoms with Crippen LogP contribution in [-0.4, -0.2) is 60.6 Å². The standard InChI is InChI=1S/C27H41N7O2S/c1-17(2)20-15-21(18(3)14-22(20)33-12-10-9-11-13-33)29-23-24(27(5,6)7)31-34-26(23)30-25(32-34)19(4)16-28-37(8,35)36/h14-15,17,19,28H,9-13,16H2,1-8H3. The Morgan fingerprint density at radius 3 is 2.38 bits per heavy atom. The Bertz CT molecular complexity index is 1330. The van der Waals surface area contributed by atoms with E-state index in [0.717, 1.165) is 42.0 Å². The molecule has 0 aliphatic carbocycles. The van der Waals surface area contributed by atoms with Crippen LogP contribution in [0.4, 0.5) is 11.4 Å². The number of aromatic nitrogens is 3. The van der Waals surface area contributed by atoms with Crippen LogP contribution in [0.15, 0.2) is 22.2 Å². The van der Waals surface area contributed by atoms with E-state index in [1.54, 1.807) is 4.79 Å². The first-order valence-electron chi connectivity index (χ1n) is 13.2. The molecular weight excluding hydrogens is 486 g/mol. The molecule has 0 bridgehead atoms. The number of rotatable bonds is 7. The minimum Gasteiger partial charge on any atom is -0.371 e. The van der Waals surface area contributed by atoms with Crippen molar-refractivity contribution in [3.05, 3.63) is 34.9 Å². The highest BCUT2D eigenvalue weighted by atomic mass is 32.2. The molecule has 4 rings (SSSR count). The van der Waals surface area contributed by atoms with E-state index in [2.05, 4.69) is 68.4 Å². The summed E-state index contributed by atoms with van der Waals surface area (Å²) in [5, 5.41) is 9.36. The van der Waals surface area contributed by atoms with Crippen LogP contribution in [0.2, 0.25) is 0 Å². The molecule has 1 aromatic carbocycles. The Kier molecular flexibility index (Phi) is 7.63. The Balaban J connectivity index is 1.76.